The van der Waals surface area contributed by atoms with Gasteiger partial charge in [0.05, 0.1) is 12.3 Å². The predicted molar refractivity (Wildman–Crippen MR) is 105 cm³/mol. The molecule has 2 aliphatic rings. The van der Waals surface area contributed by atoms with Crippen LogP contribution in [0.5, 0.6) is 5.75 Å². The van der Waals surface area contributed by atoms with Gasteiger partial charge >= 0.3 is 0 Å². The standard InChI is InChI=1S/C23H22FNO3/c1-2-28-21-12-4-3-9-17(21)18-14-22(27)25(16-8-5-7-15(24)13-16)19-10-6-11-20(26)23(18)19/h3-5,7-9,12-13,18H,2,6,10-11,14H2,1H3. The fourth-order valence-corrected chi connectivity index (χ4v) is 4.23. The van der Waals surface area contributed by atoms with Crippen LogP contribution in [0.4, 0.5) is 10.1 Å². The number of ketones is 1. The number of benzene rings is 2. The number of allylic oxidation sites excluding steroid dienone is 2. The quantitative estimate of drug-likeness (QED) is 0.770. The lowest BCUT2D eigenvalue weighted by atomic mass is 9.77. The molecule has 0 spiro atoms. The largest absolute Gasteiger partial charge is 0.494 e. The second-order valence-corrected chi connectivity index (χ2v) is 7.07. The molecular formula is C23H22FNO3. The molecule has 0 saturated heterocycles. The van der Waals surface area contributed by atoms with Crippen LogP contribution in [0, 0.1) is 5.82 Å². The number of halogens is 1. The van der Waals surface area contributed by atoms with E-state index in [4.69, 9.17) is 4.74 Å². The van der Waals surface area contributed by atoms with Crippen LogP contribution in [0.1, 0.15) is 44.1 Å². The molecule has 1 heterocycles. The van der Waals surface area contributed by atoms with Gasteiger partial charge < -0.3 is 4.74 Å². The average Bonchev–Trinajstić information content (AvgIpc) is 2.68. The predicted octanol–water partition coefficient (Wildman–Crippen LogP) is 4.75. The topological polar surface area (TPSA) is 46.6 Å². The van der Waals surface area contributed by atoms with Gasteiger partial charge in [-0.1, -0.05) is 24.3 Å². The van der Waals surface area contributed by atoms with E-state index < -0.39 is 5.82 Å². The molecule has 28 heavy (non-hydrogen) atoms. The number of nitrogens with zero attached hydrogens (tertiary/aromatic N) is 1. The Labute approximate surface area is 163 Å². The summed E-state index contributed by atoms with van der Waals surface area (Å²) >= 11 is 0. The Kier molecular flexibility index (Phi) is 4.99. The molecule has 1 aliphatic heterocycles. The van der Waals surface area contributed by atoms with E-state index in [0.29, 0.717) is 48.6 Å². The van der Waals surface area contributed by atoms with E-state index in [0.717, 1.165) is 5.56 Å². The first-order chi connectivity index (χ1) is 13.6. The van der Waals surface area contributed by atoms with Crippen molar-refractivity contribution in [1.82, 2.24) is 0 Å². The summed E-state index contributed by atoms with van der Waals surface area (Å²) in [4.78, 5) is 27.6. The third-order valence-electron chi connectivity index (χ3n) is 5.34. The molecule has 0 N–H and O–H groups in total. The van der Waals surface area contributed by atoms with E-state index in [1.165, 1.54) is 17.0 Å². The van der Waals surface area contributed by atoms with Gasteiger partial charge in [0.15, 0.2) is 5.78 Å². The summed E-state index contributed by atoms with van der Waals surface area (Å²) in [5, 5.41) is 0. The fourth-order valence-electron chi connectivity index (χ4n) is 4.23. The number of anilines is 1. The number of rotatable bonds is 4. The first kappa shape index (κ1) is 18.4. The van der Waals surface area contributed by atoms with E-state index >= 15 is 0 Å². The summed E-state index contributed by atoms with van der Waals surface area (Å²) in [6.45, 7) is 2.41. The van der Waals surface area contributed by atoms with Gasteiger partial charge in [0.25, 0.3) is 0 Å². The summed E-state index contributed by atoms with van der Waals surface area (Å²) in [5.74, 6) is -0.102. The van der Waals surface area contributed by atoms with E-state index in [9.17, 15) is 14.0 Å². The van der Waals surface area contributed by atoms with Gasteiger partial charge in [-0.05, 0) is 44.0 Å². The van der Waals surface area contributed by atoms with Crippen molar-refractivity contribution in [2.45, 2.75) is 38.5 Å². The third-order valence-corrected chi connectivity index (χ3v) is 5.34. The number of para-hydroxylation sites is 1. The first-order valence-corrected chi connectivity index (χ1v) is 9.66. The molecule has 0 fully saturated rings. The summed E-state index contributed by atoms with van der Waals surface area (Å²) < 4.78 is 19.6. The summed E-state index contributed by atoms with van der Waals surface area (Å²) in [5.41, 5.74) is 2.71. The highest BCUT2D eigenvalue weighted by molar-refractivity contribution is 6.07. The van der Waals surface area contributed by atoms with E-state index in [1.54, 1.807) is 12.1 Å². The van der Waals surface area contributed by atoms with Crippen molar-refractivity contribution in [1.29, 1.82) is 0 Å². The lowest BCUT2D eigenvalue weighted by molar-refractivity contribution is -0.119. The Morgan fingerprint density at radius 2 is 1.93 bits per heavy atom. The van der Waals surface area contributed by atoms with Crippen LogP contribution in [0.15, 0.2) is 59.8 Å². The van der Waals surface area contributed by atoms with Gasteiger partial charge in [-0.2, -0.15) is 0 Å². The normalized spacial score (nSPS) is 19.6. The average molecular weight is 379 g/mol. The van der Waals surface area contributed by atoms with Crippen molar-refractivity contribution in [3.8, 4) is 5.75 Å². The molecule has 1 amide bonds. The lowest BCUT2D eigenvalue weighted by Crippen LogP contribution is -2.40. The van der Waals surface area contributed by atoms with Crippen molar-refractivity contribution < 1.29 is 18.7 Å². The Morgan fingerprint density at radius 3 is 2.71 bits per heavy atom. The fraction of sp³-hybridized carbons (Fsp3) is 0.304. The highest BCUT2D eigenvalue weighted by Gasteiger charge is 2.40. The summed E-state index contributed by atoms with van der Waals surface area (Å²) in [7, 11) is 0. The van der Waals surface area contributed by atoms with Gasteiger partial charge in [-0.25, -0.2) is 4.39 Å². The Hall–Kier alpha value is -2.95. The first-order valence-electron chi connectivity index (χ1n) is 9.66. The van der Waals surface area contributed by atoms with Crippen LogP contribution < -0.4 is 9.64 Å². The maximum absolute atomic E-state index is 13.8. The van der Waals surface area contributed by atoms with Gasteiger partial charge in [-0.3, -0.25) is 14.5 Å². The zero-order chi connectivity index (χ0) is 19.7. The van der Waals surface area contributed by atoms with Crippen molar-refractivity contribution in [2.24, 2.45) is 0 Å². The van der Waals surface area contributed by atoms with Gasteiger partial charge in [0.1, 0.15) is 11.6 Å². The molecule has 5 heteroatoms. The van der Waals surface area contributed by atoms with Crippen molar-refractivity contribution in [3.63, 3.8) is 0 Å². The van der Waals surface area contributed by atoms with Crippen LogP contribution in [-0.4, -0.2) is 18.3 Å². The lowest BCUT2D eigenvalue weighted by Gasteiger charge is -2.38. The molecule has 1 unspecified atom stereocenters. The van der Waals surface area contributed by atoms with Crippen LogP contribution in [0.2, 0.25) is 0 Å². The number of amides is 1. The molecular weight excluding hydrogens is 357 g/mol. The highest BCUT2D eigenvalue weighted by atomic mass is 19.1. The molecule has 4 rings (SSSR count). The minimum Gasteiger partial charge on any atom is -0.494 e. The SMILES string of the molecule is CCOc1ccccc1C1CC(=O)N(c2cccc(F)c2)C2=C1C(=O)CCC2. The van der Waals surface area contributed by atoms with Gasteiger partial charge in [0.2, 0.25) is 5.91 Å². The monoisotopic (exact) mass is 379 g/mol. The van der Waals surface area contributed by atoms with Gasteiger partial charge in [0, 0.05) is 35.6 Å². The molecule has 2 aromatic carbocycles. The Morgan fingerprint density at radius 1 is 1.11 bits per heavy atom. The second kappa shape index (κ2) is 7.58. The Balaban J connectivity index is 1.86. The van der Waals surface area contributed by atoms with E-state index in [1.807, 2.05) is 31.2 Å². The van der Waals surface area contributed by atoms with Crippen LogP contribution in [0.3, 0.4) is 0 Å². The number of carbonyl (C=O) groups is 2. The van der Waals surface area contributed by atoms with Crippen LogP contribution in [-0.2, 0) is 9.59 Å². The molecule has 2 aromatic rings. The Bertz CT molecular complexity index is 966. The van der Waals surface area contributed by atoms with Gasteiger partial charge in [-0.15, -0.1) is 0 Å². The van der Waals surface area contributed by atoms with Crippen molar-refractivity contribution >= 4 is 17.4 Å². The van der Waals surface area contributed by atoms with E-state index in [2.05, 4.69) is 0 Å². The summed E-state index contributed by atoms with van der Waals surface area (Å²) in [6, 6.07) is 13.6. The maximum Gasteiger partial charge on any atom is 0.232 e. The summed E-state index contributed by atoms with van der Waals surface area (Å²) in [6.07, 6.45) is 1.94. The molecule has 0 saturated carbocycles. The molecule has 0 radical (unpaired) electrons. The third kappa shape index (κ3) is 3.21. The number of hydrogen-bond donors (Lipinski definition) is 0. The maximum atomic E-state index is 13.8. The second-order valence-electron chi connectivity index (χ2n) is 7.07. The number of hydrogen-bond acceptors (Lipinski definition) is 3. The van der Waals surface area contributed by atoms with Crippen LogP contribution >= 0.6 is 0 Å². The molecule has 1 aliphatic carbocycles. The zero-order valence-corrected chi connectivity index (χ0v) is 15.8. The smallest absolute Gasteiger partial charge is 0.232 e. The molecule has 0 bridgehead atoms. The van der Waals surface area contributed by atoms with Crippen molar-refractivity contribution in [2.75, 3.05) is 11.5 Å². The molecule has 0 aromatic heterocycles. The molecule has 1 atom stereocenters. The highest BCUT2D eigenvalue weighted by Crippen LogP contribution is 2.45. The molecule has 4 nitrogen and oxygen atoms in total. The number of ether oxygens (including phenoxy) is 1. The minimum atomic E-state index is -0.404. The number of Topliss-reactive ketones (excluding diaryl/α,β-unsaturated/α-hetero) is 1. The van der Waals surface area contributed by atoms with Crippen LogP contribution in [0.25, 0.3) is 0 Å². The zero-order valence-electron chi connectivity index (χ0n) is 15.8. The van der Waals surface area contributed by atoms with Crippen molar-refractivity contribution in [3.05, 3.63) is 71.2 Å². The van der Waals surface area contributed by atoms with E-state index in [-0.39, 0.29) is 24.0 Å². The molecule has 144 valence electrons. The minimum absolute atomic E-state index is 0.0615. The number of carbonyl (C=O) groups excluding carboxylic acids is 2.